The topological polar surface area (TPSA) is 64.1 Å². The van der Waals surface area contributed by atoms with Gasteiger partial charge in [0.25, 0.3) is 5.91 Å². The van der Waals surface area contributed by atoms with Gasteiger partial charge in [-0.2, -0.15) is 0 Å². The summed E-state index contributed by atoms with van der Waals surface area (Å²) in [4.78, 5) is 22.5. The largest absolute Gasteiger partial charge is 0.497 e. The molecule has 1 amide bonds. The van der Waals surface area contributed by atoms with Crippen LogP contribution in [0.4, 0.5) is 5.69 Å². The van der Waals surface area contributed by atoms with Gasteiger partial charge in [0.15, 0.2) is 0 Å². The number of aromatic nitrogens is 2. The molecule has 4 aromatic rings. The maximum atomic E-state index is 13.1. The fraction of sp³-hybridized carbons (Fsp3) is 0.0455. The van der Waals surface area contributed by atoms with Gasteiger partial charge in [0.05, 0.1) is 12.8 Å². The van der Waals surface area contributed by atoms with Crippen molar-refractivity contribution in [1.29, 1.82) is 0 Å². The number of benzene rings is 2. The molecule has 138 valence electrons. The monoisotopic (exact) mass is 387 g/mol. The summed E-state index contributed by atoms with van der Waals surface area (Å²) in [6.45, 7) is 0. The fourth-order valence-corrected chi connectivity index (χ4v) is 3.74. The molecule has 0 atom stereocenters. The average Bonchev–Trinajstić information content (AvgIpc) is 3.21. The van der Waals surface area contributed by atoms with Crippen LogP contribution in [0.25, 0.3) is 21.8 Å². The Morgan fingerprint density at radius 3 is 2.57 bits per heavy atom. The number of nitrogens with zero attached hydrogens (tertiary/aromatic N) is 2. The number of hydrogen-bond donors (Lipinski definition) is 1. The Hall–Kier alpha value is -3.51. The van der Waals surface area contributed by atoms with Crippen molar-refractivity contribution in [3.63, 3.8) is 0 Å². The molecule has 0 aliphatic rings. The number of pyridine rings is 1. The Labute approximate surface area is 166 Å². The van der Waals surface area contributed by atoms with Gasteiger partial charge in [0.2, 0.25) is 0 Å². The van der Waals surface area contributed by atoms with Crippen LogP contribution in [-0.2, 0) is 0 Å². The van der Waals surface area contributed by atoms with Gasteiger partial charge in [-0.05, 0) is 24.3 Å². The smallest absolute Gasteiger partial charge is 0.268 e. The lowest BCUT2D eigenvalue weighted by Gasteiger charge is -2.07. The highest BCUT2D eigenvalue weighted by molar-refractivity contribution is 7.17. The Morgan fingerprint density at radius 2 is 1.82 bits per heavy atom. The van der Waals surface area contributed by atoms with Crippen LogP contribution in [0.15, 0.2) is 79.1 Å². The predicted molar refractivity (Wildman–Crippen MR) is 112 cm³/mol. The molecule has 0 spiro atoms. The minimum atomic E-state index is -0.209. The third-order valence-corrected chi connectivity index (χ3v) is 5.22. The van der Waals surface area contributed by atoms with Crippen molar-refractivity contribution in [3.05, 3.63) is 84.0 Å². The number of methoxy groups -OCH3 is 1. The number of ether oxygens (including phenoxy) is 1. The fourth-order valence-electron chi connectivity index (χ4n) is 2.77. The van der Waals surface area contributed by atoms with Gasteiger partial charge in [0.1, 0.15) is 15.6 Å². The second-order valence-electron chi connectivity index (χ2n) is 5.99. The number of hydrogen-bond acceptors (Lipinski definition) is 5. The summed E-state index contributed by atoms with van der Waals surface area (Å²) in [6, 6.07) is 20.8. The number of anilines is 1. The third kappa shape index (κ3) is 3.77. The second-order valence-corrected chi connectivity index (χ2v) is 6.99. The van der Waals surface area contributed by atoms with E-state index in [0.717, 1.165) is 16.1 Å². The first-order valence-corrected chi connectivity index (χ1v) is 9.48. The molecule has 0 fully saturated rings. The average molecular weight is 387 g/mol. The second kappa shape index (κ2) is 8.02. The summed E-state index contributed by atoms with van der Waals surface area (Å²) < 4.78 is 5.23. The van der Waals surface area contributed by atoms with Gasteiger partial charge in [0, 0.05) is 35.3 Å². The van der Waals surface area contributed by atoms with Crippen LogP contribution in [0.3, 0.4) is 0 Å². The number of rotatable bonds is 5. The molecule has 2 aromatic heterocycles. The summed E-state index contributed by atoms with van der Waals surface area (Å²) in [7, 11) is 1.60. The van der Waals surface area contributed by atoms with Gasteiger partial charge < -0.3 is 10.1 Å². The lowest BCUT2D eigenvalue weighted by Crippen LogP contribution is -2.11. The summed E-state index contributed by atoms with van der Waals surface area (Å²) in [5.41, 5.74) is 3.10. The number of carbonyl (C=O) groups is 1. The molecule has 0 radical (unpaired) electrons. The van der Waals surface area contributed by atoms with Crippen molar-refractivity contribution in [2.75, 3.05) is 12.4 Å². The zero-order chi connectivity index (χ0) is 19.3. The highest BCUT2D eigenvalue weighted by atomic mass is 32.1. The Bertz CT molecular complexity index is 1100. The van der Waals surface area contributed by atoms with Gasteiger partial charge in [-0.25, -0.2) is 4.98 Å². The van der Waals surface area contributed by atoms with E-state index in [4.69, 9.17) is 9.72 Å². The maximum Gasteiger partial charge on any atom is 0.268 e. The number of carbonyl (C=O) groups excluding carboxylic acids is 1. The maximum absolute atomic E-state index is 13.1. The van der Waals surface area contributed by atoms with E-state index >= 15 is 0 Å². The number of nitrogens with one attached hydrogen (secondary N) is 1. The zero-order valence-electron chi connectivity index (χ0n) is 15.1. The lowest BCUT2D eigenvalue weighted by atomic mass is 10.1. The highest BCUT2D eigenvalue weighted by Gasteiger charge is 2.20. The molecule has 5 nitrogen and oxygen atoms in total. The van der Waals surface area contributed by atoms with E-state index in [0.29, 0.717) is 22.0 Å². The van der Waals surface area contributed by atoms with Crippen LogP contribution in [0, 0.1) is 0 Å². The third-order valence-electron chi connectivity index (χ3n) is 4.12. The Kier molecular flexibility index (Phi) is 5.12. The molecule has 1 N–H and O–H groups in total. The highest BCUT2D eigenvalue weighted by Crippen LogP contribution is 2.34. The molecule has 2 heterocycles. The summed E-state index contributed by atoms with van der Waals surface area (Å²) in [5, 5.41) is 3.70. The van der Waals surface area contributed by atoms with Crippen molar-refractivity contribution >= 4 is 22.9 Å². The molecule has 28 heavy (non-hydrogen) atoms. The van der Waals surface area contributed by atoms with Crippen LogP contribution in [0.5, 0.6) is 5.75 Å². The quantitative estimate of drug-likeness (QED) is 0.515. The van der Waals surface area contributed by atoms with E-state index in [1.165, 1.54) is 11.3 Å². The normalized spacial score (nSPS) is 10.5. The van der Waals surface area contributed by atoms with Crippen molar-refractivity contribution in [3.8, 4) is 27.6 Å². The van der Waals surface area contributed by atoms with E-state index in [1.54, 1.807) is 25.6 Å². The van der Waals surface area contributed by atoms with Crippen molar-refractivity contribution in [2.45, 2.75) is 0 Å². The number of amides is 1. The summed E-state index contributed by atoms with van der Waals surface area (Å²) >= 11 is 1.35. The van der Waals surface area contributed by atoms with Gasteiger partial charge in [-0.1, -0.05) is 36.4 Å². The predicted octanol–water partition coefficient (Wildman–Crippen LogP) is 5.13. The van der Waals surface area contributed by atoms with E-state index in [2.05, 4.69) is 10.3 Å². The lowest BCUT2D eigenvalue weighted by molar-refractivity contribution is 0.103. The van der Waals surface area contributed by atoms with Crippen LogP contribution >= 0.6 is 11.3 Å². The van der Waals surface area contributed by atoms with Crippen LogP contribution in [0.2, 0.25) is 0 Å². The number of thiazole rings is 1. The molecule has 0 saturated carbocycles. The molecular formula is C22H17N3O2S. The minimum Gasteiger partial charge on any atom is -0.497 e. The zero-order valence-corrected chi connectivity index (χ0v) is 15.9. The van der Waals surface area contributed by atoms with E-state index in [1.807, 2.05) is 60.7 Å². The van der Waals surface area contributed by atoms with Crippen LogP contribution in [-0.4, -0.2) is 23.0 Å². The molecule has 0 aliphatic carbocycles. The first-order valence-electron chi connectivity index (χ1n) is 8.66. The van der Waals surface area contributed by atoms with Crippen molar-refractivity contribution < 1.29 is 9.53 Å². The van der Waals surface area contributed by atoms with E-state index < -0.39 is 0 Å². The Balaban J connectivity index is 1.74. The standard InChI is InChI=1S/C22H17N3O2S/c1-27-18-11-5-10-17(13-18)24-21(26)20-19(15-7-3-2-4-8-15)25-22(28-20)16-9-6-12-23-14-16/h2-14H,1H3,(H,24,26). The molecule has 0 bridgehead atoms. The van der Waals surface area contributed by atoms with Crippen LogP contribution in [0.1, 0.15) is 9.67 Å². The Morgan fingerprint density at radius 1 is 1.00 bits per heavy atom. The molecule has 0 aliphatic heterocycles. The van der Waals surface area contributed by atoms with Gasteiger partial charge in [-0.3, -0.25) is 9.78 Å². The molecule has 2 aromatic carbocycles. The summed E-state index contributed by atoms with van der Waals surface area (Å²) in [5.74, 6) is 0.473. The molecular weight excluding hydrogens is 370 g/mol. The summed E-state index contributed by atoms with van der Waals surface area (Å²) in [6.07, 6.45) is 3.46. The van der Waals surface area contributed by atoms with E-state index in [-0.39, 0.29) is 5.91 Å². The van der Waals surface area contributed by atoms with Gasteiger partial charge in [-0.15, -0.1) is 11.3 Å². The van der Waals surface area contributed by atoms with Crippen LogP contribution < -0.4 is 10.1 Å². The SMILES string of the molecule is COc1cccc(NC(=O)c2sc(-c3cccnc3)nc2-c2ccccc2)c1. The molecule has 4 rings (SSSR count). The van der Waals surface area contributed by atoms with E-state index in [9.17, 15) is 4.79 Å². The van der Waals surface area contributed by atoms with Crippen molar-refractivity contribution in [2.24, 2.45) is 0 Å². The molecule has 0 unspecified atom stereocenters. The van der Waals surface area contributed by atoms with Crippen molar-refractivity contribution in [1.82, 2.24) is 9.97 Å². The molecule has 0 saturated heterocycles. The van der Waals surface area contributed by atoms with Gasteiger partial charge >= 0.3 is 0 Å². The first kappa shape index (κ1) is 17.9. The molecule has 6 heteroatoms. The first-order chi connectivity index (χ1) is 13.7. The minimum absolute atomic E-state index is 0.209.